The molecule has 1 spiro atoms. The van der Waals surface area contributed by atoms with Crippen LogP contribution in [0, 0.1) is 6.92 Å². The lowest BCUT2D eigenvalue weighted by molar-refractivity contribution is -0.0236. The van der Waals surface area contributed by atoms with Crippen LogP contribution in [0.3, 0.4) is 0 Å². The number of amides is 2. The van der Waals surface area contributed by atoms with E-state index in [4.69, 9.17) is 16.3 Å². The Balaban J connectivity index is 1.85. The summed E-state index contributed by atoms with van der Waals surface area (Å²) in [7, 11) is 0. The molecule has 2 amide bonds. The van der Waals surface area contributed by atoms with Gasteiger partial charge in [-0.2, -0.15) is 0 Å². The summed E-state index contributed by atoms with van der Waals surface area (Å²) in [5.74, 6) is 0.503. The van der Waals surface area contributed by atoms with Gasteiger partial charge in [-0.25, -0.2) is 4.79 Å². The van der Waals surface area contributed by atoms with E-state index in [1.165, 1.54) is 0 Å². The molecule has 2 heterocycles. The van der Waals surface area contributed by atoms with Gasteiger partial charge in [0.25, 0.3) is 0 Å². The molecule has 0 unspecified atom stereocenters. The van der Waals surface area contributed by atoms with Gasteiger partial charge in [-0.1, -0.05) is 41.4 Å². The van der Waals surface area contributed by atoms with Gasteiger partial charge >= 0.3 is 6.03 Å². The second kappa shape index (κ2) is 6.06. The number of hydrogen-bond donors (Lipinski definition) is 3. The van der Waals surface area contributed by atoms with Crippen molar-refractivity contribution in [2.24, 2.45) is 0 Å². The summed E-state index contributed by atoms with van der Waals surface area (Å²) >= 11 is 6.19. The molecule has 0 bridgehead atoms. The molecule has 142 valence electrons. The van der Waals surface area contributed by atoms with E-state index in [1.54, 1.807) is 12.1 Å². The van der Waals surface area contributed by atoms with E-state index in [1.807, 2.05) is 19.9 Å². The van der Waals surface area contributed by atoms with Gasteiger partial charge in [-0.05, 0) is 32.4 Å². The SMILES string of the molecule is Cc1cccc([C@@H]2C[C@@]3(CC(C)(C)NC(=O)N3)Oc3cc(O)c(Cl)cc32)c1. The third-order valence-corrected chi connectivity index (χ3v) is 5.56. The number of aryl methyl sites for hydroxylation is 1. The average Bonchev–Trinajstić information content (AvgIpc) is 2.54. The summed E-state index contributed by atoms with van der Waals surface area (Å²) < 4.78 is 6.29. The van der Waals surface area contributed by atoms with Gasteiger partial charge in [0.05, 0.1) is 5.02 Å². The molecule has 1 saturated heterocycles. The maximum absolute atomic E-state index is 12.3. The minimum atomic E-state index is -0.854. The zero-order valence-electron chi connectivity index (χ0n) is 15.6. The van der Waals surface area contributed by atoms with Crippen molar-refractivity contribution in [1.29, 1.82) is 0 Å². The number of rotatable bonds is 1. The van der Waals surface area contributed by atoms with Crippen LogP contribution >= 0.6 is 11.6 Å². The molecule has 2 aromatic carbocycles. The van der Waals surface area contributed by atoms with Gasteiger partial charge in [0.15, 0.2) is 5.72 Å². The smallest absolute Gasteiger partial charge is 0.318 e. The first kappa shape index (κ1) is 18.0. The summed E-state index contributed by atoms with van der Waals surface area (Å²) in [5.41, 5.74) is 1.94. The van der Waals surface area contributed by atoms with Crippen molar-refractivity contribution in [2.75, 3.05) is 0 Å². The molecule has 1 fully saturated rings. The van der Waals surface area contributed by atoms with Crippen molar-refractivity contribution in [2.45, 2.75) is 50.8 Å². The molecule has 0 aliphatic carbocycles. The molecular formula is C21H23ClN2O3. The Morgan fingerprint density at radius 2 is 2.00 bits per heavy atom. The van der Waals surface area contributed by atoms with Crippen LogP contribution in [-0.4, -0.2) is 22.4 Å². The van der Waals surface area contributed by atoms with E-state index in [0.717, 1.165) is 16.7 Å². The Kier molecular flexibility index (Phi) is 4.04. The number of halogens is 1. The first-order chi connectivity index (χ1) is 12.7. The lowest BCUT2D eigenvalue weighted by Gasteiger charge is -2.49. The van der Waals surface area contributed by atoms with Crippen molar-refractivity contribution in [3.8, 4) is 11.5 Å². The quantitative estimate of drug-likeness (QED) is 0.678. The average molecular weight is 387 g/mol. The highest BCUT2D eigenvalue weighted by Crippen LogP contribution is 2.49. The highest BCUT2D eigenvalue weighted by atomic mass is 35.5. The van der Waals surface area contributed by atoms with Crippen molar-refractivity contribution >= 4 is 17.6 Å². The third-order valence-electron chi connectivity index (χ3n) is 5.26. The van der Waals surface area contributed by atoms with Gasteiger partial charge in [0.1, 0.15) is 11.5 Å². The number of aromatic hydroxyl groups is 1. The topological polar surface area (TPSA) is 70.6 Å². The number of fused-ring (bicyclic) bond motifs is 1. The fourth-order valence-electron chi connectivity index (χ4n) is 4.33. The number of carbonyl (C=O) groups is 1. The molecule has 0 radical (unpaired) electrons. The number of nitrogens with one attached hydrogen (secondary N) is 2. The maximum Gasteiger partial charge on any atom is 0.318 e. The molecule has 4 rings (SSSR count). The molecule has 0 aromatic heterocycles. The first-order valence-corrected chi connectivity index (χ1v) is 9.43. The fraction of sp³-hybridized carbons (Fsp3) is 0.381. The highest BCUT2D eigenvalue weighted by Gasteiger charge is 2.49. The molecule has 2 aromatic rings. The van der Waals surface area contributed by atoms with Gasteiger partial charge < -0.3 is 20.5 Å². The van der Waals surface area contributed by atoms with Crippen molar-refractivity contribution in [3.63, 3.8) is 0 Å². The summed E-state index contributed by atoms with van der Waals surface area (Å²) in [4.78, 5) is 12.3. The van der Waals surface area contributed by atoms with Gasteiger partial charge in [-0.15, -0.1) is 0 Å². The van der Waals surface area contributed by atoms with Crippen LogP contribution in [0.5, 0.6) is 11.5 Å². The number of phenolic OH excluding ortho intramolecular Hbond substituents is 1. The van der Waals surface area contributed by atoms with Crippen LogP contribution in [0.2, 0.25) is 5.02 Å². The highest BCUT2D eigenvalue weighted by molar-refractivity contribution is 6.32. The van der Waals surface area contributed by atoms with Crippen molar-refractivity contribution in [1.82, 2.24) is 10.6 Å². The molecule has 3 N–H and O–H groups in total. The Hall–Kier alpha value is -2.40. The largest absolute Gasteiger partial charge is 0.506 e. The standard InChI is InChI=1S/C21H23ClN2O3/c1-12-5-4-6-13(7-12)15-10-21(11-20(2,3)23-19(26)24-21)27-18-9-17(25)16(22)8-14(15)18/h4-9,15,25H,10-11H2,1-3H3,(H2,23,24,26)/t15-,21-/m0/s1. The molecule has 2 atom stereocenters. The van der Waals surface area contributed by atoms with E-state index in [2.05, 4.69) is 35.8 Å². The summed E-state index contributed by atoms with van der Waals surface area (Å²) in [6.07, 6.45) is 1.18. The van der Waals surface area contributed by atoms with Crippen LogP contribution in [0.1, 0.15) is 49.3 Å². The minimum Gasteiger partial charge on any atom is -0.506 e. The number of urea groups is 1. The van der Waals surface area contributed by atoms with E-state index < -0.39 is 11.3 Å². The van der Waals surface area contributed by atoms with Crippen molar-refractivity contribution < 1.29 is 14.6 Å². The third kappa shape index (κ3) is 3.32. The van der Waals surface area contributed by atoms with Crippen molar-refractivity contribution in [3.05, 3.63) is 58.1 Å². The Morgan fingerprint density at radius 1 is 1.22 bits per heavy atom. The number of benzene rings is 2. The number of carbonyl (C=O) groups excluding carboxylic acids is 1. The summed E-state index contributed by atoms with van der Waals surface area (Å²) in [6.45, 7) is 6.01. The second-order valence-electron chi connectivity index (χ2n) is 8.25. The van der Waals surface area contributed by atoms with Gasteiger partial charge in [0.2, 0.25) is 0 Å². The van der Waals surface area contributed by atoms with Crippen LogP contribution in [0.4, 0.5) is 4.79 Å². The number of phenols is 1. The molecule has 2 aliphatic heterocycles. The van der Waals surface area contributed by atoms with Crippen LogP contribution in [-0.2, 0) is 0 Å². The molecule has 0 saturated carbocycles. The lowest BCUT2D eigenvalue weighted by atomic mass is 9.77. The minimum absolute atomic E-state index is 0.0130. The van der Waals surface area contributed by atoms with E-state index >= 15 is 0 Å². The monoisotopic (exact) mass is 386 g/mol. The zero-order chi connectivity index (χ0) is 19.4. The molecular weight excluding hydrogens is 364 g/mol. The maximum atomic E-state index is 12.3. The van der Waals surface area contributed by atoms with Crippen LogP contribution < -0.4 is 15.4 Å². The van der Waals surface area contributed by atoms with Gasteiger partial charge in [-0.3, -0.25) is 0 Å². The lowest BCUT2D eigenvalue weighted by Crippen LogP contribution is -2.69. The molecule has 2 aliphatic rings. The Labute approximate surface area is 163 Å². The van der Waals surface area contributed by atoms with Gasteiger partial charge in [0, 0.05) is 35.9 Å². The number of hydrogen-bond acceptors (Lipinski definition) is 3. The Morgan fingerprint density at radius 3 is 2.70 bits per heavy atom. The van der Waals surface area contributed by atoms with Crippen LogP contribution in [0.25, 0.3) is 0 Å². The van der Waals surface area contributed by atoms with Crippen LogP contribution in [0.15, 0.2) is 36.4 Å². The second-order valence-corrected chi connectivity index (χ2v) is 8.66. The summed E-state index contributed by atoms with van der Waals surface area (Å²) in [5, 5.41) is 16.3. The predicted octanol–water partition coefficient (Wildman–Crippen LogP) is 4.45. The predicted molar refractivity (Wildman–Crippen MR) is 104 cm³/mol. The first-order valence-electron chi connectivity index (χ1n) is 9.05. The zero-order valence-corrected chi connectivity index (χ0v) is 16.4. The van der Waals surface area contributed by atoms with E-state index in [0.29, 0.717) is 23.6 Å². The number of ether oxygens (including phenoxy) is 1. The van der Waals surface area contributed by atoms with E-state index in [9.17, 15) is 9.90 Å². The molecule has 6 heteroatoms. The molecule has 27 heavy (non-hydrogen) atoms. The Bertz CT molecular complexity index is 928. The fourth-order valence-corrected chi connectivity index (χ4v) is 4.50. The molecule has 5 nitrogen and oxygen atoms in total. The summed E-state index contributed by atoms with van der Waals surface area (Å²) in [6, 6.07) is 11.4. The normalized spacial score (nSPS) is 25.9. The van der Waals surface area contributed by atoms with E-state index in [-0.39, 0.29) is 17.7 Å².